The normalized spacial score (nSPS) is 36.8. The van der Waals surface area contributed by atoms with Crippen LogP contribution in [0, 0.1) is 17.3 Å². The highest BCUT2D eigenvalue weighted by Crippen LogP contribution is 2.67. The summed E-state index contributed by atoms with van der Waals surface area (Å²) in [5.74, 6) is -0.0232. The summed E-state index contributed by atoms with van der Waals surface area (Å²) in [6.07, 6.45) is 3.92. The number of hydrogen-bond acceptors (Lipinski definition) is 3. The van der Waals surface area contributed by atoms with Gasteiger partial charge in [0.05, 0.1) is 6.61 Å². The van der Waals surface area contributed by atoms with Crippen LogP contribution in [0.4, 0.5) is 0 Å². The Kier molecular flexibility index (Phi) is 1.90. The number of aldehydes is 1. The summed E-state index contributed by atoms with van der Waals surface area (Å²) in [4.78, 5) is 22.2. The fraction of sp³-hybridized carbons (Fsp3) is 0.800. The molecular weight excluding hydrogens is 168 g/mol. The van der Waals surface area contributed by atoms with Crippen molar-refractivity contribution in [1.29, 1.82) is 0 Å². The zero-order chi connectivity index (χ0) is 9.47. The standard InChI is InChI=1S/C10H14O3/c1-2-13-9(12)8(6-11)10-3-7(4-10)5-10/h6-8H,2-5H2,1H3. The van der Waals surface area contributed by atoms with E-state index in [0.717, 1.165) is 31.5 Å². The number of rotatable bonds is 4. The number of hydrogen-bond donors (Lipinski definition) is 0. The lowest BCUT2D eigenvalue weighted by atomic mass is 9.40. The molecular formula is C10H14O3. The lowest BCUT2D eigenvalue weighted by Gasteiger charge is -2.63. The second kappa shape index (κ2) is 2.82. The van der Waals surface area contributed by atoms with Gasteiger partial charge in [-0.2, -0.15) is 0 Å². The van der Waals surface area contributed by atoms with E-state index < -0.39 is 5.92 Å². The molecule has 0 aromatic carbocycles. The Morgan fingerprint density at radius 1 is 1.62 bits per heavy atom. The van der Waals surface area contributed by atoms with E-state index in [1.54, 1.807) is 6.92 Å². The molecule has 3 saturated carbocycles. The van der Waals surface area contributed by atoms with Crippen LogP contribution in [0.5, 0.6) is 0 Å². The summed E-state index contributed by atoms with van der Waals surface area (Å²) < 4.78 is 4.87. The van der Waals surface area contributed by atoms with Crippen LogP contribution < -0.4 is 0 Å². The molecule has 0 amide bonds. The highest BCUT2D eigenvalue weighted by atomic mass is 16.5. The van der Waals surface area contributed by atoms with Crippen molar-refractivity contribution >= 4 is 12.3 Å². The predicted molar refractivity (Wildman–Crippen MR) is 46.0 cm³/mol. The lowest BCUT2D eigenvalue weighted by Crippen LogP contribution is -2.58. The fourth-order valence-corrected chi connectivity index (χ4v) is 2.61. The Morgan fingerprint density at radius 2 is 2.23 bits per heavy atom. The van der Waals surface area contributed by atoms with E-state index in [-0.39, 0.29) is 11.4 Å². The van der Waals surface area contributed by atoms with Gasteiger partial charge in [-0.05, 0) is 37.5 Å². The molecule has 0 heterocycles. The highest BCUT2D eigenvalue weighted by molar-refractivity contribution is 5.89. The minimum absolute atomic E-state index is 0.0126. The Balaban J connectivity index is 2.00. The second-order valence-electron chi connectivity index (χ2n) is 4.21. The molecule has 3 heteroatoms. The third-order valence-electron chi connectivity index (χ3n) is 3.42. The molecule has 0 spiro atoms. The topological polar surface area (TPSA) is 43.4 Å². The van der Waals surface area contributed by atoms with Gasteiger partial charge >= 0.3 is 5.97 Å². The molecule has 3 aliphatic rings. The van der Waals surface area contributed by atoms with E-state index in [4.69, 9.17) is 4.74 Å². The third kappa shape index (κ3) is 1.10. The van der Waals surface area contributed by atoms with Crippen molar-refractivity contribution in [2.45, 2.75) is 26.2 Å². The van der Waals surface area contributed by atoms with Crippen LogP contribution in [0.2, 0.25) is 0 Å². The third-order valence-corrected chi connectivity index (χ3v) is 3.42. The smallest absolute Gasteiger partial charge is 0.316 e. The number of carbonyl (C=O) groups excluding carboxylic acids is 2. The number of ether oxygens (including phenoxy) is 1. The van der Waals surface area contributed by atoms with Gasteiger partial charge in [-0.25, -0.2) is 0 Å². The van der Waals surface area contributed by atoms with Crippen molar-refractivity contribution in [3.05, 3.63) is 0 Å². The van der Waals surface area contributed by atoms with Crippen LogP contribution in [-0.2, 0) is 14.3 Å². The van der Waals surface area contributed by atoms with Crippen molar-refractivity contribution in [2.24, 2.45) is 17.3 Å². The highest BCUT2D eigenvalue weighted by Gasteiger charge is 2.62. The summed E-state index contributed by atoms with van der Waals surface area (Å²) in [5, 5.41) is 0. The number of carbonyl (C=O) groups is 2. The van der Waals surface area contributed by atoms with Crippen LogP contribution in [0.3, 0.4) is 0 Å². The average molecular weight is 182 g/mol. The first kappa shape index (κ1) is 8.73. The van der Waals surface area contributed by atoms with Crippen LogP contribution in [-0.4, -0.2) is 18.9 Å². The average Bonchev–Trinajstić information content (AvgIpc) is 1.93. The summed E-state index contributed by atoms with van der Waals surface area (Å²) in [6, 6.07) is 0. The maximum Gasteiger partial charge on any atom is 0.316 e. The van der Waals surface area contributed by atoms with Gasteiger partial charge in [0.15, 0.2) is 0 Å². The minimum atomic E-state index is -0.488. The van der Waals surface area contributed by atoms with E-state index in [2.05, 4.69) is 0 Å². The molecule has 3 nitrogen and oxygen atoms in total. The van der Waals surface area contributed by atoms with Crippen LogP contribution in [0.1, 0.15) is 26.2 Å². The molecule has 0 N–H and O–H groups in total. The first-order valence-electron chi connectivity index (χ1n) is 4.84. The molecule has 1 unspecified atom stereocenters. The largest absolute Gasteiger partial charge is 0.465 e. The van der Waals surface area contributed by atoms with Gasteiger partial charge in [-0.15, -0.1) is 0 Å². The zero-order valence-electron chi connectivity index (χ0n) is 7.79. The summed E-state index contributed by atoms with van der Waals surface area (Å²) >= 11 is 0. The van der Waals surface area contributed by atoms with E-state index in [9.17, 15) is 9.59 Å². The Morgan fingerprint density at radius 3 is 2.54 bits per heavy atom. The summed E-state index contributed by atoms with van der Waals surface area (Å²) in [5.41, 5.74) is 0.0126. The Labute approximate surface area is 77.4 Å². The molecule has 0 saturated heterocycles. The predicted octanol–water partition coefficient (Wildman–Crippen LogP) is 1.16. The molecule has 3 rings (SSSR count). The van der Waals surface area contributed by atoms with Crippen molar-refractivity contribution in [1.82, 2.24) is 0 Å². The van der Waals surface area contributed by atoms with E-state index in [1.807, 2.05) is 0 Å². The van der Waals surface area contributed by atoms with Crippen molar-refractivity contribution < 1.29 is 14.3 Å². The molecule has 0 aromatic rings. The molecule has 0 aromatic heterocycles. The van der Waals surface area contributed by atoms with Crippen molar-refractivity contribution in [2.75, 3.05) is 6.61 Å². The van der Waals surface area contributed by atoms with Gasteiger partial charge in [0.2, 0.25) is 0 Å². The minimum Gasteiger partial charge on any atom is -0.465 e. The van der Waals surface area contributed by atoms with Crippen molar-refractivity contribution in [3.63, 3.8) is 0 Å². The van der Waals surface area contributed by atoms with Crippen LogP contribution in [0.25, 0.3) is 0 Å². The van der Waals surface area contributed by atoms with E-state index in [1.165, 1.54) is 0 Å². The SMILES string of the molecule is CCOC(=O)C(C=O)C12CC(C1)C2. The van der Waals surface area contributed by atoms with Crippen LogP contribution in [0.15, 0.2) is 0 Å². The maximum absolute atomic E-state index is 11.4. The van der Waals surface area contributed by atoms with Gasteiger partial charge in [0, 0.05) is 0 Å². The Hall–Kier alpha value is -0.860. The fourth-order valence-electron chi connectivity index (χ4n) is 2.61. The van der Waals surface area contributed by atoms with Crippen molar-refractivity contribution in [3.8, 4) is 0 Å². The van der Waals surface area contributed by atoms with Crippen LogP contribution >= 0.6 is 0 Å². The number of esters is 1. The van der Waals surface area contributed by atoms with Gasteiger partial charge in [0.25, 0.3) is 0 Å². The summed E-state index contributed by atoms with van der Waals surface area (Å²) in [6.45, 7) is 2.13. The molecule has 0 aliphatic heterocycles. The molecule has 0 radical (unpaired) electrons. The molecule has 72 valence electrons. The first-order valence-corrected chi connectivity index (χ1v) is 4.84. The molecule has 13 heavy (non-hydrogen) atoms. The van der Waals surface area contributed by atoms with E-state index in [0.29, 0.717) is 6.61 Å². The molecule has 3 aliphatic carbocycles. The van der Waals surface area contributed by atoms with Gasteiger partial charge in [-0.3, -0.25) is 4.79 Å². The zero-order valence-corrected chi connectivity index (χ0v) is 7.79. The quantitative estimate of drug-likeness (QED) is 0.372. The lowest BCUT2D eigenvalue weighted by molar-refractivity contribution is -0.184. The first-order chi connectivity index (χ1) is 6.22. The monoisotopic (exact) mass is 182 g/mol. The molecule has 1 atom stereocenters. The van der Waals surface area contributed by atoms with Gasteiger partial charge < -0.3 is 9.53 Å². The van der Waals surface area contributed by atoms with Gasteiger partial charge in [-0.1, -0.05) is 0 Å². The molecule has 3 fully saturated rings. The molecule has 2 bridgehead atoms. The maximum atomic E-state index is 11.4. The van der Waals surface area contributed by atoms with Gasteiger partial charge in [0.1, 0.15) is 12.2 Å². The summed E-state index contributed by atoms with van der Waals surface area (Å²) in [7, 11) is 0. The second-order valence-corrected chi connectivity index (χ2v) is 4.21. The van der Waals surface area contributed by atoms with E-state index >= 15 is 0 Å². The Bertz CT molecular complexity index is 230.